The molecule has 0 unspecified atom stereocenters. The van der Waals surface area contributed by atoms with Gasteiger partial charge in [0.1, 0.15) is 18.3 Å². The van der Waals surface area contributed by atoms with Crippen LogP contribution in [0, 0.1) is 11.8 Å². The summed E-state index contributed by atoms with van der Waals surface area (Å²) in [6.07, 6.45) is 5.27. The lowest BCUT2D eigenvalue weighted by Gasteiger charge is -2.39. The van der Waals surface area contributed by atoms with Gasteiger partial charge in [0.15, 0.2) is 0 Å². The molecule has 12 nitrogen and oxygen atoms in total. The van der Waals surface area contributed by atoms with Crippen molar-refractivity contribution in [3.05, 3.63) is 41.3 Å². The highest BCUT2D eigenvalue weighted by atomic mass is 35.5. The number of nitrogens with zero attached hydrogens (tertiary/aromatic N) is 5. The number of aromatic nitrogens is 3. The van der Waals surface area contributed by atoms with Crippen LogP contribution in [0.4, 0.5) is 5.95 Å². The van der Waals surface area contributed by atoms with E-state index >= 15 is 0 Å². The first kappa shape index (κ1) is 33.3. The summed E-state index contributed by atoms with van der Waals surface area (Å²) in [5, 5.41) is 48.4. The third-order valence-corrected chi connectivity index (χ3v) is 8.61. The molecular weight excluding hydrogens is 578 g/mol. The molecule has 5 N–H and O–H groups in total. The maximum absolute atomic E-state index is 12.6. The molecule has 4 rings (SSSR count). The monoisotopic (exact) mass is 621 g/mol. The minimum absolute atomic E-state index is 0.0389. The molecule has 0 aromatic carbocycles. The Kier molecular flexibility index (Phi) is 12.7. The Labute approximate surface area is 257 Å². The van der Waals surface area contributed by atoms with Gasteiger partial charge < -0.3 is 40.1 Å². The van der Waals surface area contributed by atoms with Crippen molar-refractivity contribution in [3.8, 4) is 5.88 Å². The van der Waals surface area contributed by atoms with Crippen LogP contribution < -0.4 is 9.64 Å². The smallest absolute Gasteiger partial charge is 0.227 e. The molecule has 2 aliphatic heterocycles. The van der Waals surface area contributed by atoms with Crippen molar-refractivity contribution in [2.75, 3.05) is 44.3 Å². The minimum Gasteiger partial charge on any atom is -0.478 e. The summed E-state index contributed by atoms with van der Waals surface area (Å²) < 4.78 is 5.83. The number of hydrogen-bond donors (Lipinski definition) is 5. The van der Waals surface area contributed by atoms with Crippen molar-refractivity contribution in [2.45, 2.75) is 75.8 Å². The lowest BCUT2D eigenvalue weighted by atomic mass is 9.91. The van der Waals surface area contributed by atoms with E-state index in [0.717, 1.165) is 56.7 Å². The number of amides is 1. The molecule has 2 aromatic heterocycles. The van der Waals surface area contributed by atoms with E-state index in [1.165, 1.54) is 0 Å². The number of aliphatic hydroxyl groups excluding tert-OH is 5. The largest absolute Gasteiger partial charge is 0.478 e. The predicted molar refractivity (Wildman–Crippen MR) is 160 cm³/mol. The molecule has 2 fully saturated rings. The molecule has 13 heteroatoms. The number of carbonyl (C=O) groups excluding carboxylic acids is 1. The lowest BCUT2D eigenvalue weighted by Crippen LogP contribution is -2.50. The Balaban J connectivity index is 1.05. The Morgan fingerprint density at radius 3 is 2.26 bits per heavy atom. The molecule has 4 atom stereocenters. The first-order chi connectivity index (χ1) is 20.7. The second-order valence-corrected chi connectivity index (χ2v) is 12.1. The molecule has 0 aliphatic carbocycles. The van der Waals surface area contributed by atoms with E-state index in [0.29, 0.717) is 48.9 Å². The average Bonchev–Trinajstić information content (AvgIpc) is 3.00. The van der Waals surface area contributed by atoms with Gasteiger partial charge in [0, 0.05) is 38.4 Å². The Hall–Kier alpha value is -2.61. The maximum atomic E-state index is 12.6. The van der Waals surface area contributed by atoms with Gasteiger partial charge in [-0.25, -0.2) is 15.0 Å². The SMILES string of the molecule is O=C(Cc1ccc(OCCCC2CCN(c3ncc(Cl)cn3)CC2)nc1)N1CC(CCC[C@H](O)[C@@H](O)[C@H](O)[C@H](O)CO)C1. The van der Waals surface area contributed by atoms with Gasteiger partial charge in [-0.1, -0.05) is 24.1 Å². The summed E-state index contributed by atoms with van der Waals surface area (Å²) in [4.78, 5) is 29.6. The Morgan fingerprint density at radius 1 is 0.930 bits per heavy atom. The first-order valence-corrected chi connectivity index (χ1v) is 15.5. The van der Waals surface area contributed by atoms with Crippen molar-refractivity contribution in [1.29, 1.82) is 0 Å². The third-order valence-electron chi connectivity index (χ3n) is 8.41. The van der Waals surface area contributed by atoms with Gasteiger partial charge in [0.25, 0.3) is 0 Å². The second kappa shape index (κ2) is 16.5. The van der Waals surface area contributed by atoms with Gasteiger partial charge in [0.2, 0.25) is 17.7 Å². The van der Waals surface area contributed by atoms with Crippen LogP contribution in [-0.4, -0.2) is 115 Å². The van der Waals surface area contributed by atoms with E-state index in [-0.39, 0.29) is 18.7 Å². The second-order valence-electron chi connectivity index (χ2n) is 11.7. The summed E-state index contributed by atoms with van der Waals surface area (Å²) in [5.41, 5.74) is 0.831. The van der Waals surface area contributed by atoms with Gasteiger partial charge in [-0.2, -0.15) is 0 Å². The number of pyridine rings is 1. The van der Waals surface area contributed by atoms with E-state index < -0.39 is 31.0 Å². The first-order valence-electron chi connectivity index (χ1n) is 15.1. The summed E-state index contributed by atoms with van der Waals surface area (Å²) in [7, 11) is 0. The zero-order chi connectivity index (χ0) is 30.8. The fourth-order valence-electron chi connectivity index (χ4n) is 5.63. The van der Waals surface area contributed by atoms with Crippen molar-refractivity contribution in [2.24, 2.45) is 11.8 Å². The van der Waals surface area contributed by atoms with Crippen LogP contribution in [0.25, 0.3) is 0 Å². The summed E-state index contributed by atoms with van der Waals surface area (Å²) >= 11 is 5.88. The third kappa shape index (κ3) is 9.95. The van der Waals surface area contributed by atoms with Crippen LogP contribution in [0.3, 0.4) is 0 Å². The number of rotatable bonds is 16. The van der Waals surface area contributed by atoms with Gasteiger partial charge in [0.05, 0.1) is 43.2 Å². The highest BCUT2D eigenvalue weighted by Gasteiger charge is 2.32. The molecule has 43 heavy (non-hydrogen) atoms. The van der Waals surface area contributed by atoms with Gasteiger partial charge >= 0.3 is 0 Å². The lowest BCUT2D eigenvalue weighted by molar-refractivity contribution is -0.137. The molecular formula is C30H44ClN5O7. The van der Waals surface area contributed by atoms with E-state index in [4.69, 9.17) is 21.4 Å². The highest BCUT2D eigenvalue weighted by Crippen LogP contribution is 2.25. The van der Waals surface area contributed by atoms with Crippen molar-refractivity contribution >= 4 is 23.5 Å². The van der Waals surface area contributed by atoms with Crippen molar-refractivity contribution in [1.82, 2.24) is 19.9 Å². The van der Waals surface area contributed by atoms with E-state index in [1.807, 2.05) is 12.1 Å². The van der Waals surface area contributed by atoms with Crippen LogP contribution in [-0.2, 0) is 11.2 Å². The highest BCUT2D eigenvalue weighted by molar-refractivity contribution is 6.30. The number of carbonyl (C=O) groups is 1. The number of likely N-dealkylation sites (tertiary alicyclic amines) is 1. The Bertz CT molecular complexity index is 1110. The fourth-order valence-corrected chi connectivity index (χ4v) is 5.73. The molecule has 1 amide bonds. The molecule has 0 bridgehead atoms. The molecule has 4 heterocycles. The predicted octanol–water partition coefficient (Wildman–Crippen LogP) is 1.21. The zero-order valence-corrected chi connectivity index (χ0v) is 25.2. The standard InChI is InChI=1S/C30H44ClN5O7/c31-23-15-33-30(34-16-23)35-10-8-20(9-11-35)4-2-12-43-26-7-6-21(14-32-26)13-27(40)36-17-22(18-36)3-1-5-24(38)28(41)29(42)25(39)19-37/h6-7,14-16,20,22,24-25,28-29,37-39,41-42H,1-5,8-13,17-19H2/t24-,25+,28+,29+/m0/s1. The summed E-state index contributed by atoms with van der Waals surface area (Å²) in [6, 6.07) is 3.68. The molecule has 2 aromatic rings. The number of anilines is 1. The number of ether oxygens (including phenoxy) is 1. The van der Waals surface area contributed by atoms with Crippen molar-refractivity contribution < 1.29 is 35.1 Å². The van der Waals surface area contributed by atoms with Crippen LogP contribution >= 0.6 is 11.6 Å². The Morgan fingerprint density at radius 2 is 1.60 bits per heavy atom. The topological polar surface area (TPSA) is 173 Å². The normalized spacial score (nSPS) is 19.0. The molecule has 0 spiro atoms. The number of halogens is 1. The van der Waals surface area contributed by atoms with Gasteiger partial charge in [-0.05, 0) is 55.9 Å². The minimum atomic E-state index is -1.61. The summed E-state index contributed by atoms with van der Waals surface area (Å²) in [6.45, 7) is 3.07. The molecule has 0 radical (unpaired) electrons. The van der Waals surface area contributed by atoms with Gasteiger partial charge in [-0.3, -0.25) is 4.79 Å². The van der Waals surface area contributed by atoms with Crippen LogP contribution in [0.1, 0.15) is 50.5 Å². The van der Waals surface area contributed by atoms with Crippen LogP contribution in [0.2, 0.25) is 5.02 Å². The average molecular weight is 622 g/mol. The van der Waals surface area contributed by atoms with Crippen LogP contribution in [0.5, 0.6) is 5.88 Å². The maximum Gasteiger partial charge on any atom is 0.227 e. The van der Waals surface area contributed by atoms with Gasteiger partial charge in [-0.15, -0.1) is 0 Å². The zero-order valence-electron chi connectivity index (χ0n) is 24.4. The van der Waals surface area contributed by atoms with Crippen LogP contribution in [0.15, 0.2) is 30.7 Å². The van der Waals surface area contributed by atoms with E-state index in [2.05, 4.69) is 19.9 Å². The fraction of sp³-hybridized carbons (Fsp3) is 0.667. The van der Waals surface area contributed by atoms with E-state index in [1.54, 1.807) is 23.5 Å². The number of hydrogen-bond acceptors (Lipinski definition) is 11. The number of piperidine rings is 1. The quantitative estimate of drug-likeness (QED) is 0.171. The molecule has 0 saturated carbocycles. The molecule has 2 aliphatic rings. The van der Waals surface area contributed by atoms with Crippen molar-refractivity contribution in [3.63, 3.8) is 0 Å². The number of aliphatic hydroxyl groups is 5. The van der Waals surface area contributed by atoms with E-state index in [9.17, 15) is 25.2 Å². The molecule has 2 saturated heterocycles. The molecule has 238 valence electrons. The summed E-state index contributed by atoms with van der Waals surface area (Å²) in [5.74, 6) is 2.30.